The van der Waals surface area contributed by atoms with E-state index in [9.17, 15) is 20.0 Å². The molecule has 0 spiro atoms. The molecule has 4 aromatic rings. The average Bonchev–Trinajstić information content (AvgIpc) is 3.12. The first-order valence-electron chi connectivity index (χ1n) is 17.0. The molecule has 9 atom stereocenters. The van der Waals surface area contributed by atoms with Gasteiger partial charge < -0.3 is 28.5 Å². The molecule has 10 nitrogen and oxygen atoms in total. The maximum Gasteiger partial charge on any atom is 0.345 e. The zero-order valence-electron chi connectivity index (χ0n) is 28.1. The quantitative estimate of drug-likeness (QED) is 0.237. The molecule has 10 heteroatoms. The number of pyridine rings is 1. The van der Waals surface area contributed by atoms with Gasteiger partial charge >= 0.3 is 11.6 Å². The van der Waals surface area contributed by atoms with E-state index in [1.54, 1.807) is 54.9 Å². The van der Waals surface area contributed by atoms with Crippen LogP contribution in [-0.2, 0) is 14.2 Å². The number of rotatable bonds is 4. The summed E-state index contributed by atoms with van der Waals surface area (Å²) in [4.78, 5) is 31.7. The molecule has 1 saturated heterocycles. The van der Waals surface area contributed by atoms with Gasteiger partial charge in [-0.3, -0.25) is 4.98 Å². The van der Waals surface area contributed by atoms with Crippen LogP contribution in [0.3, 0.4) is 0 Å². The van der Waals surface area contributed by atoms with E-state index < -0.39 is 52.4 Å². The normalized spacial score (nSPS) is 34.1. The van der Waals surface area contributed by atoms with E-state index in [1.807, 2.05) is 37.3 Å². The van der Waals surface area contributed by atoms with Crippen LogP contribution in [0.15, 0.2) is 94.4 Å². The van der Waals surface area contributed by atoms with Crippen LogP contribution in [0.1, 0.15) is 79.5 Å². The van der Waals surface area contributed by atoms with E-state index in [1.165, 1.54) is 0 Å². The Morgan fingerprint density at radius 3 is 2.54 bits per heavy atom. The van der Waals surface area contributed by atoms with Crippen molar-refractivity contribution >= 4 is 5.97 Å². The van der Waals surface area contributed by atoms with Crippen molar-refractivity contribution in [2.24, 2.45) is 22.7 Å². The number of aliphatic hydroxyl groups is 1. The Labute approximate surface area is 289 Å². The summed E-state index contributed by atoms with van der Waals surface area (Å²) in [5, 5.41) is 21.7. The summed E-state index contributed by atoms with van der Waals surface area (Å²) in [6, 6.07) is 23.3. The van der Waals surface area contributed by atoms with Crippen LogP contribution < -0.4 is 10.4 Å². The highest BCUT2D eigenvalue weighted by Gasteiger charge is 2.71. The number of carbonyl (C=O) groups is 1. The van der Waals surface area contributed by atoms with Gasteiger partial charge in [0.15, 0.2) is 6.29 Å². The smallest absolute Gasteiger partial charge is 0.345 e. The Morgan fingerprint density at radius 2 is 1.82 bits per heavy atom. The summed E-state index contributed by atoms with van der Waals surface area (Å²) >= 11 is 0. The Balaban J connectivity index is 1.21. The minimum absolute atomic E-state index is 0.0479. The molecule has 4 aliphatic rings. The first kappa shape index (κ1) is 32.4. The molecule has 50 heavy (non-hydrogen) atoms. The molecule has 2 saturated carbocycles. The molecular weight excluding hydrogens is 636 g/mol. The number of nitriles is 1. The average molecular weight is 675 g/mol. The van der Waals surface area contributed by atoms with Gasteiger partial charge in [0.05, 0.1) is 36.0 Å². The highest BCUT2D eigenvalue weighted by molar-refractivity contribution is 5.89. The van der Waals surface area contributed by atoms with Gasteiger partial charge in [-0.1, -0.05) is 44.2 Å². The maximum absolute atomic E-state index is 13.8. The monoisotopic (exact) mass is 674 g/mol. The van der Waals surface area contributed by atoms with Crippen molar-refractivity contribution in [3.63, 3.8) is 0 Å². The van der Waals surface area contributed by atoms with Gasteiger partial charge in [0.1, 0.15) is 28.8 Å². The molecule has 3 fully saturated rings. The number of carbonyl (C=O) groups excluding carboxylic acids is 1. The molecule has 2 aliphatic heterocycles. The van der Waals surface area contributed by atoms with Crippen molar-refractivity contribution in [2.75, 3.05) is 6.61 Å². The lowest BCUT2D eigenvalue weighted by atomic mass is 9.42. The number of hydrogen-bond acceptors (Lipinski definition) is 10. The van der Waals surface area contributed by atoms with Gasteiger partial charge in [0, 0.05) is 40.9 Å². The molecule has 4 heterocycles. The Kier molecular flexibility index (Phi) is 7.71. The number of aromatic nitrogens is 1. The number of benzene rings is 2. The molecule has 1 N–H and O–H groups in total. The topological polar surface area (TPSA) is 141 Å². The lowest BCUT2D eigenvalue weighted by Gasteiger charge is -2.67. The van der Waals surface area contributed by atoms with Gasteiger partial charge in [-0.15, -0.1) is 0 Å². The summed E-state index contributed by atoms with van der Waals surface area (Å²) in [6.07, 6.45) is 2.18. The number of hydrogen-bond donors (Lipinski definition) is 1. The van der Waals surface area contributed by atoms with Gasteiger partial charge in [0.25, 0.3) is 0 Å². The highest BCUT2D eigenvalue weighted by Crippen LogP contribution is 2.68. The van der Waals surface area contributed by atoms with Crippen molar-refractivity contribution in [3.8, 4) is 23.1 Å². The van der Waals surface area contributed by atoms with Crippen LogP contribution in [0, 0.1) is 34.0 Å². The third kappa shape index (κ3) is 4.98. The summed E-state index contributed by atoms with van der Waals surface area (Å²) in [7, 11) is 0. The van der Waals surface area contributed by atoms with E-state index >= 15 is 0 Å². The van der Waals surface area contributed by atoms with Crippen molar-refractivity contribution in [2.45, 2.75) is 70.2 Å². The zero-order valence-corrected chi connectivity index (χ0v) is 28.1. The van der Waals surface area contributed by atoms with Crippen LogP contribution in [-0.4, -0.2) is 40.5 Å². The van der Waals surface area contributed by atoms with Crippen molar-refractivity contribution < 1.29 is 33.3 Å². The van der Waals surface area contributed by atoms with E-state index in [-0.39, 0.29) is 34.7 Å². The minimum atomic E-state index is -1.28. The van der Waals surface area contributed by atoms with E-state index in [2.05, 4.69) is 24.9 Å². The lowest BCUT2D eigenvalue weighted by molar-refractivity contribution is -0.330. The molecule has 2 aliphatic carbocycles. The number of aliphatic hydroxyl groups excluding tert-OH is 1. The Morgan fingerprint density at radius 1 is 1.04 bits per heavy atom. The van der Waals surface area contributed by atoms with Crippen LogP contribution in [0.5, 0.6) is 5.75 Å². The van der Waals surface area contributed by atoms with E-state index in [0.29, 0.717) is 37.0 Å². The molecule has 0 radical (unpaired) electrons. The second-order valence-electron chi connectivity index (χ2n) is 14.7. The summed E-state index contributed by atoms with van der Waals surface area (Å²) in [6.45, 7) is 6.56. The van der Waals surface area contributed by atoms with Crippen LogP contribution in [0.2, 0.25) is 0 Å². The SMILES string of the molecule is CC12COC(c3ccccc3)O[C@H]1CC[C@@]1(C)C2C[C@H](OC(=O)c2ccc(C#N)cc2)[C@@]2(C)Oc3cc(-c4cccnc4)oc(=O)c3[C@H](O)C12. The number of fused-ring (bicyclic) bond motifs is 6. The number of nitrogens with zero attached hydrogens (tertiary/aromatic N) is 2. The Hall–Kier alpha value is -4.82. The molecule has 0 bridgehead atoms. The summed E-state index contributed by atoms with van der Waals surface area (Å²) in [5.74, 6) is -0.976. The molecular formula is C40H38N2O8. The standard InChI is InChI=1S/C40H38N2O8/c1-38-16-15-30-39(2,22-46-37(49-30)25-8-5-4-6-9-25)29(38)19-31(48-35(44)24-13-11-23(20-41)12-14-24)40(3)34(38)33(43)32-28(50-40)18-27(47-36(32)45)26-10-7-17-42-21-26/h4-14,17-18,21,29-31,33-34,37,43H,15-16,19,22H2,1-3H3/t29?,30-,31-,33-,34?,37?,38-,39?,40+/m0/s1. The maximum atomic E-state index is 13.8. The number of esters is 1. The van der Waals surface area contributed by atoms with Crippen LogP contribution >= 0.6 is 0 Å². The third-order valence-corrected chi connectivity index (χ3v) is 11.9. The fourth-order valence-corrected chi connectivity index (χ4v) is 9.52. The van der Waals surface area contributed by atoms with Crippen molar-refractivity contribution in [3.05, 3.63) is 118 Å². The van der Waals surface area contributed by atoms with Gasteiger partial charge in [-0.2, -0.15) is 5.26 Å². The molecule has 8 rings (SSSR count). The lowest BCUT2D eigenvalue weighted by Crippen LogP contribution is -2.71. The predicted octanol–water partition coefficient (Wildman–Crippen LogP) is 6.54. The van der Waals surface area contributed by atoms with E-state index in [4.69, 9.17) is 23.4 Å². The fraction of sp³-hybridized carbons (Fsp3) is 0.400. The second kappa shape index (κ2) is 11.9. The third-order valence-electron chi connectivity index (χ3n) is 11.9. The van der Waals surface area contributed by atoms with E-state index in [0.717, 1.165) is 5.56 Å². The summed E-state index contributed by atoms with van der Waals surface area (Å²) < 4.78 is 32.1. The van der Waals surface area contributed by atoms with Gasteiger partial charge in [-0.05, 0) is 73.9 Å². The molecule has 2 aromatic carbocycles. The molecule has 2 aromatic heterocycles. The Bertz CT molecular complexity index is 2030. The molecule has 0 amide bonds. The number of ether oxygens (including phenoxy) is 4. The van der Waals surface area contributed by atoms with Crippen molar-refractivity contribution in [1.82, 2.24) is 4.98 Å². The van der Waals surface area contributed by atoms with Gasteiger partial charge in [0.2, 0.25) is 0 Å². The first-order valence-corrected chi connectivity index (χ1v) is 17.0. The minimum Gasteiger partial charge on any atom is -0.482 e. The fourth-order valence-electron chi connectivity index (χ4n) is 9.52. The molecule has 256 valence electrons. The van der Waals surface area contributed by atoms with Crippen molar-refractivity contribution in [1.29, 1.82) is 5.26 Å². The first-order chi connectivity index (χ1) is 24.0. The van der Waals surface area contributed by atoms with Crippen LogP contribution in [0.25, 0.3) is 11.3 Å². The largest absolute Gasteiger partial charge is 0.482 e. The highest BCUT2D eigenvalue weighted by atomic mass is 16.7. The summed E-state index contributed by atoms with van der Waals surface area (Å²) in [5.41, 5.74) is -0.763. The second-order valence-corrected chi connectivity index (χ2v) is 14.7. The van der Waals surface area contributed by atoms with Crippen LogP contribution in [0.4, 0.5) is 0 Å². The van der Waals surface area contributed by atoms with Gasteiger partial charge in [-0.25, -0.2) is 9.59 Å². The zero-order chi connectivity index (χ0) is 34.8. The molecule has 4 unspecified atom stereocenters. The predicted molar refractivity (Wildman–Crippen MR) is 180 cm³/mol.